The summed E-state index contributed by atoms with van der Waals surface area (Å²) in [6.45, 7) is 1.94. The number of nitrogens with zero attached hydrogens (tertiary/aromatic N) is 1. The average molecular weight is 339 g/mol. The van der Waals surface area contributed by atoms with Crippen LogP contribution in [0, 0.1) is 18.3 Å². The van der Waals surface area contributed by atoms with Gasteiger partial charge in [0.2, 0.25) is 0 Å². The number of carbonyl (C=O) groups excluding carboxylic acids is 1. The molecule has 0 unspecified atom stereocenters. The molecule has 4 heteroatoms. The van der Waals surface area contributed by atoms with Crippen molar-refractivity contribution in [3.63, 3.8) is 0 Å². The zero-order valence-corrected chi connectivity index (χ0v) is 12.9. The van der Waals surface area contributed by atoms with Crippen LogP contribution in [-0.4, -0.2) is 10.8 Å². The van der Waals surface area contributed by atoms with Crippen molar-refractivity contribution in [2.24, 2.45) is 0 Å². The highest BCUT2D eigenvalue weighted by atomic mass is 79.9. The lowest BCUT2D eigenvalue weighted by Gasteiger charge is -2.05. The number of hydrogen-bond acceptors (Lipinski definition) is 2. The quantitative estimate of drug-likeness (QED) is 0.706. The molecular formula is C17H11BrN2O. The van der Waals surface area contributed by atoms with Gasteiger partial charge in [0.1, 0.15) is 0 Å². The van der Waals surface area contributed by atoms with Gasteiger partial charge in [0.25, 0.3) is 0 Å². The highest BCUT2D eigenvalue weighted by molar-refractivity contribution is 9.10. The Hall–Kier alpha value is -2.38. The molecule has 0 saturated carbocycles. The monoisotopic (exact) mass is 338 g/mol. The maximum Gasteiger partial charge on any atom is 0.196 e. The zero-order valence-electron chi connectivity index (χ0n) is 11.3. The van der Waals surface area contributed by atoms with Crippen LogP contribution in [0.15, 0.2) is 47.1 Å². The van der Waals surface area contributed by atoms with Gasteiger partial charge >= 0.3 is 0 Å². The Bertz CT molecular complexity index is 903. The van der Waals surface area contributed by atoms with Gasteiger partial charge < -0.3 is 4.98 Å². The lowest BCUT2D eigenvalue weighted by molar-refractivity contribution is 0.103. The molecule has 0 radical (unpaired) electrons. The number of H-pyrrole nitrogens is 1. The number of benzene rings is 2. The first-order chi connectivity index (χ1) is 10.1. The van der Waals surface area contributed by atoms with Crippen molar-refractivity contribution >= 4 is 32.6 Å². The molecule has 0 fully saturated rings. The number of ketones is 1. The molecule has 21 heavy (non-hydrogen) atoms. The highest BCUT2D eigenvalue weighted by Gasteiger charge is 2.18. The van der Waals surface area contributed by atoms with Crippen LogP contribution >= 0.6 is 15.9 Å². The molecule has 0 bridgehead atoms. The third kappa shape index (κ3) is 2.26. The molecule has 0 aliphatic heterocycles. The second-order valence-corrected chi connectivity index (χ2v) is 5.71. The van der Waals surface area contributed by atoms with E-state index in [2.05, 4.69) is 27.0 Å². The molecule has 0 amide bonds. The predicted octanol–water partition coefficient (Wildman–Crippen LogP) is 4.34. The summed E-state index contributed by atoms with van der Waals surface area (Å²) in [5.74, 6) is -0.0977. The summed E-state index contributed by atoms with van der Waals surface area (Å²) < 4.78 is 0.752. The number of fused-ring (bicyclic) bond motifs is 1. The Morgan fingerprint density at radius 1 is 1.24 bits per heavy atom. The first kappa shape index (κ1) is 13.6. The summed E-state index contributed by atoms with van der Waals surface area (Å²) in [5.41, 5.74) is 3.43. The van der Waals surface area contributed by atoms with Crippen LogP contribution in [0.2, 0.25) is 0 Å². The minimum atomic E-state index is -0.0977. The molecule has 3 aromatic rings. The fraction of sp³-hybridized carbons (Fsp3) is 0.0588. The number of nitrogens with one attached hydrogen (secondary N) is 1. The number of nitriles is 1. The Labute approximate surface area is 130 Å². The number of aromatic nitrogens is 1. The van der Waals surface area contributed by atoms with Gasteiger partial charge in [-0.1, -0.05) is 33.6 Å². The van der Waals surface area contributed by atoms with Crippen LogP contribution in [0.1, 0.15) is 27.0 Å². The van der Waals surface area contributed by atoms with Gasteiger partial charge in [0.05, 0.1) is 11.6 Å². The molecule has 1 N–H and O–H groups in total. The summed E-state index contributed by atoms with van der Waals surface area (Å²) in [6, 6.07) is 13.2. The van der Waals surface area contributed by atoms with Gasteiger partial charge in [-0.25, -0.2) is 0 Å². The van der Waals surface area contributed by atoms with E-state index in [1.54, 1.807) is 18.3 Å². The van der Waals surface area contributed by atoms with Crippen molar-refractivity contribution < 1.29 is 4.79 Å². The van der Waals surface area contributed by atoms with E-state index < -0.39 is 0 Å². The third-order valence-corrected chi connectivity index (χ3v) is 4.13. The Morgan fingerprint density at radius 2 is 2.05 bits per heavy atom. The molecule has 1 aromatic heterocycles. The largest absolute Gasteiger partial charge is 0.360 e. The van der Waals surface area contributed by atoms with Crippen LogP contribution < -0.4 is 0 Å². The van der Waals surface area contributed by atoms with Gasteiger partial charge in [-0.15, -0.1) is 0 Å². The number of aryl methyl sites for hydroxylation is 1. The second-order valence-electron chi connectivity index (χ2n) is 4.85. The fourth-order valence-electron chi connectivity index (χ4n) is 2.42. The zero-order chi connectivity index (χ0) is 15.0. The van der Waals surface area contributed by atoms with Crippen molar-refractivity contribution in [1.29, 1.82) is 5.26 Å². The maximum absolute atomic E-state index is 12.8. The van der Waals surface area contributed by atoms with Gasteiger partial charge in [-0.2, -0.15) is 5.26 Å². The number of carbonyl (C=O) groups is 1. The second kappa shape index (κ2) is 5.19. The lowest BCUT2D eigenvalue weighted by atomic mass is 9.99. The lowest BCUT2D eigenvalue weighted by Crippen LogP contribution is -2.02. The van der Waals surface area contributed by atoms with Gasteiger partial charge in [0.15, 0.2) is 5.78 Å². The van der Waals surface area contributed by atoms with Crippen LogP contribution in [-0.2, 0) is 0 Å². The maximum atomic E-state index is 12.8. The van der Waals surface area contributed by atoms with E-state index in [0.29, 0.717) is 22.1 Å². The molecule has 0 atom stereocenters. The van der Waals surface area contributed by atoms with E-state index in [4.69, 9.17) is 0 Å². The molecule has 102 valence electrons. The van der Waals surface area contributed by atoms with Gasteiger partial charge in [-0.3, -0.25) is 4.79 Å². The van der Waals surface area contributed by atoms with E-state index in [1.165, 1.54) is 0 Å². The SMILES string of the molecule is Cc1ccc(Br)c(C(=O)c2c[nH]c3cccc(C#N)c23)c1. The van der Waals surface area contributed by atoms with Crippen molar-refractivity contribution in [1.82, 2.24) is 4.98 Å². The molecule has 0 aliphatic rings. The summed E-state index contributed by atoms with van der Waals surface area (Å²) in [7, 11) is 0. The summed E-state index contributed by atoms with van der Waals surface area (Å²) >= 11 is 3.42. The molecule has 3 rings (SSSR count). The molecular weight excluding hydrogens is 328 g/mol. The van der Waals surface area contributed by atoms with Gasteiger partial charge in [-0.05, 0) is 31.2 Å². The molecule has 1 heterocycles. The first-order valence-corrected chi connectivity index (χ1v) is 7.22. The molecule has 3 nitrogen and oxygen atoms in total. The van der Waals surface area contributed by atoms with Gasteiger partial charge in [0, 0.05) is 32.7 Å². The number of halogens is 1. The Morgan fingerprint density at radius 3 is 2.81 bits per heavy atom. The molecule has 0 aliphatic carbocycles. The minimum Gasteiger partial charge on any atom is -0.360 e. The average Bonchev–Trinajstić information content (AvgIpc) is 2.93. The topological polar surface area (TPSA) is 56.6 Å². The van der Waals surface area contributed by atoms with Crippen LogP contribution in [0.3, 0.4) is 0 Å². The van der Waals surface area contributed by atoms with Crippen molar-refractivity contribution in [3.05, 3.63) is 69.3 Å². The number of aromatic amines is 1. The van der Waals surface area contributed by atoms with E-state index in [0.717, 1.165) is 15.6 Å². The van der Waals surface area contributed by atoms with Crippen molar-refractivity contribution in [3.8, 4) is 6.07 Å². The standard InChI is InChI=1S/C17H11BrN2O/c1-10-5-6-14(18)12(7-10)17(21)13-9-20-15-4-2-3-11(8-19)16(13)15/h2-7,9,20H,1H3. The third-order valence-electron chi connectivity index (χ3n) is 3.44. The predicted molar refractivity (Wildman–Crippen MR) is 85.3 cm³/mol. The smallest absolute Gasteiger partial charge is 0.196 e. The van der Waals surface area contributed by atoms with E-state index in [-0.39, 0.29) is 5.78 Å². The number of rotatable bonds is 2. The molecule has 0 spiro atoms. The van der Waals surface area contributed by atoms with Crippen LogP contribution in [0.4, 0.5) is 0 Å². The fourth-order valence-corrected chi connectivity index (χ4v) is 2.84. The summed E-state index contributed by atoms with van der Waals surface area (Å²) in [5, 5.41) is 9.92. The summed E-state index contributed by atoms with van der Waals surface area (Å²) in [4.78, 5) is 15.9. The Kier molecular flexibility index (Phi) is 3.36. The number of hydrogen-bond donors (Lipinski definition) is 1. The van der Waals surface area contributed by atoms with Crippen LogP contribution in [0.25, 0.3) is 10.9 Å². The highest BCUT2D eigenvalue weighted by Crippen LogP contribution is 2.27. The first-order valence-electron chi connectivity index (χ1n) is 6.43. The van der Waals surface area contributed by atoms with Crippen molar-refractivity contribution in [2.45, 2.75) is 6.92 Å². The minimum absolute atomic E-state index is 0.0977. The van der Waals surface area contributed by atoms with E-state index in [1.807, 2.05) is 31.2 Å². The van der Waals surface area contributed by atoms with Crippen molar-refractivity contribution in [2.75, 3.05) is 0 Å². The molecule has 0 saturated heterocycles. The van der Waals surface area contributed by atoms with E-state index in [9.17, 15) is 10.1 Å². The summed E-state index contributed by atoms with van der Waals surface area (Å²) in [6.07, 6.45) is 1.67. The van der Waals surface area contributed by atoms with Crippen LogP contribution in [0.5, 0.6) is 0 Å². The normalized spacial score (nSPS) is 10.5. The Balaban J connectivity index is 2.24. The van der Waals surface area contributed by atoms with E-state index >= 15 is 0 Å². The molecule has 2 aromatic carbocycles.